The van der Waals surface area contributed by atoms with Crippen molar-refractivity contribution in [1.82, 2.24) is 4.90 Å². The maximum Gasteiger partial charge on any atom is 0.410 e. The van der Waals surface area contributed by atoms with Gasteiger partial charge < -0.3 is 14.4 Å². The average Bonchev–Trinajstić information content (AvgIpc) is 2.72. The van der Waals surface area contributed by atoms with Crippen molar-refractivity contribution >= 4 is 6.09 Å². The van der Waals surface area contributed by atoms with Crippen molar-refractivity contribution in [2.75, 3.05) is 19.7 Å². The van der Waals surface area contributed by atoms with Crippen LogP contribution in [0.25, 0.3) is 0 Å². The van der Waals surface area contributed by atoms with Crippen molar-refractivity contribution in [3.05, 3.63) is 83.9 Å². The maximum atomic E-state index is 12.5. The molecule has 1 aliphatic heterocycles. The van der Waals surface area contributed by atoms with Gasteiger partial charge in [0.05, 0.1) is 19.3 Å². The van der Waals surface area contributed by atoms with E-state index in [-0.39, 0.29) is 18.1 Å². The first-order valence-corrected chi connectivity index (χ1v) is 10.7. The van der Waals surface area contributed by atoms with E-state index in [1.807, 2.05) is 26.8 Å². The topological polar surface area (TPSA) is 38.8 Å². The molecule has 1 heterocycles. The summed E-state index contributed by atoms with van der Waals surface area (Å²) in [4.78, 5) is 14.3. The third-order valence-corrected chi connectivity index (χ3v) is 5.30. The van der Waals surface area contributed by atoms with Crippen LogP contribution in [-0.4, -0.2) is 42.4 Å². The highest BCUT2D eigenvalue weighted by atomic mass is 16.6. The van der Waals surface area contributed by atoms with Crippen LogP contribution in [0.3, 0.4) is 0 Å². The summed E-state index contributed by atoms with van der Waals surface area (Å²) in [6, 6.07) is 19.3. The van der Waals surface area contributed by atoms with Crippen LogP contribution in [0.15, 0.2) is 67.3 Å². The number of likely N-dealkylation sites (tertiary alicyclic amines) is 1. The van der Waals surface area contributed by atoms with Gasteiger partial charge in [0.1, 0.15) is 5.60 Å². The number of nitrogens with zero attached hydrogens (tertiary/aromatic N) is 1. The summed E-state index contributed by atoms with van der Waals surface area (Å²) >= 11 is 0. The van der Waals surface area contributed by atoms with Gasteiger partial charge in [-0.1, -0.05) is 60.7 Å². The number of ether oxygens (including phenoxy) is 2. The summed E-state index contributed by atoms with van der Waals surface area (Å²) in [5, 5.41) is 0. The van der Waals surface area contributed by atoms with Crippen molar-refractivity contribution in [2.45, 2.75) is 51.2 Å². The van der Waals surface area contributed by atoms with E-state index >= 15 is 0 Å². The van der Waals surface area contributed by atoms with E-state index < -0.39 is 5.60 Å². The molecular weight excluding hydrogens is 374 g/mol. The zero-order chi connectivity index (χ0) is 21.6. The van der Waals surface area contributed by atoms with Gasteiger partial charge in [0.25, 0.3) is 0 Å². The molecule has 4 heteroatoms. The minimum Gasteiger partial charge on any atom is -0.444 e. The Balaban J connectivity index is 1.69. The monoisotopic (exact) mass is 407 g/mol. The lowest BCUT2D eigenvalue weighted by Crippen LogP contribution is -2.48. The number of piperidine rings is 1. The van der Waals surface area contributed by atoms with Gasteiger partial charge in [-0.3, -0.25) is 0 Å². The molecule has 1 saturated heterocycles. The lowest BCUT2D eigenvalue weighted by atomic mass is 9.86. The molecule has 0 saturated carbocycles. The van der Waals surface area contributed by atoms with E-state index in [1.165, 1.54) is 16.7 Å². The second kappa shape index (κ2) is 9.94. The quantitative estimate of drug-likeness (QED) is 0.587. The minimum absolute atomic E-state index is 0.0794. The Bertz CT molecular complexity index is 824. The van der Waals surface area contributed by atoms with Crippen LogP contribution in [0.4, 0.5) is 4.79 Å². The molecule has 2 aromatic carbocycles. The lowest BCUT2D eigenvalue weighted by Gasteiger charge is -2.39. The van der Waals surface area contributed by atoms with Crippen molar-refractivity contribution < 1.29 is 14.3 Å². The maximum absolute atomic E-state index is 12.5. The van der Waals surface area contributed by atoms with Crippen LogP contribution in [0.1, 0.15) is 49.8 Å². The molecule has 2 unspecified atom stereocenters. The Kier molecular flexibility index (Phi) is 7.33. The van der Waals surface area contributed by atoms with Crippen molar-refractivity contribution in [3.63, 3.8) is 0 Å². The molecule has 2 atom stereocenters. The Labute approximate surface area is 180 Å². The highest BCUT2D eigenvalue weighted by Gasteiger charge is 2.34. The normalized spacial score (nSPS) is 19.4. The largest absolute Gasteiger partial charge is 0.444 e. The van der Waals surface area contributed by atoms with E-state index in [9.17, 15) is 4.79 Å². The number of carbonyl (C=O) groups is 1. The third kappa shape index (κ3) is 6.20. The summed E-state index contributed by atoms with van der Waals surface area (Å²) in [5.41, 5.74) is 3.35. The van der Waals surface area contributed by atoms with Crippen LogP contribution >= 0.6 is 0 Å². The second-order valence-corrected chi connectivity index (χ2v) is 8.89. The summed E-state index contributed by atoms with van der Waals surface area (Å²) in [6.45, 7) is 11.1. The summed E-state index contributed by atoms with van der Waals surface area (Å²) in [6.07, 6.45) is 3.18. The van der Waals surface area contributed by atoms with Crippen LogP contribution in [0.2, 0.25) is 0 Å². The lowest BCUT2D eigenvalue weighted by molar-refractivity contribution is -0.0223. The molecule has 0 aromatic heterocycles. The summed E-state index contributed by atoms with van der Waals surface area (Å²) in [5.74, 6) is 0.245. The van der Waals surface area contributed by atoms with E-state index in [1.54, 1.807) is 11.0 Å². The number of amides is 1. The first kappa shape index (κ1) is 22.1. The first-order valence-electron chi connectivity index (χ1n) is 10.7. The van der Waals surface area contributed by atoms with Gasteiger partial charge in [0.2, 0.25) is 0 Å². The zero-order valence-corrected chi connectivity index (χ0v) is 18.3. The molecule has 30 heavy (non-hydrogen) atoms. The van der Waals surface area contributed by atoms with Crippen LogP contribution in [-0.2, 0) is 15.9 Å². The second-order valence-electron chi connectivity index (χ2n) is 8.89. The predicted octanol–water partition coefficient (Wildman–Crippen LogP) is 5.57. The molecule has 3 rings (SSSR count). The summed E-state index contributed by atoms with van der Waals surface area (Å²) in [7, 11) is 0. The van der Waals surface area contributed by atoms with Crippen molar-refractivity contribution in [1.29, 1.82) is 0 Å². The fourth-order valence-corrected chi connectivity index (χ4v) is 3.86. The zero-order valence-electron chi connectivity index (χ0n) is 18.3. The molecule has 4 nitrogen and oxygen atoms in total. The molecule has 0 N–H and O–H groups in total. The number of hydrogen-bond donors (Lipinski definition) is 0. The Hall–Kier alpha value is -2.59. The standard InChI is InChI=1S/C26H33NO3/c1-5-17-29-24-19-27(25(28)30-26(2,3)4)16-15-23(24)22-13-11-21(12-14-22)18-20-9-7-6-8-10-20/h5-14,23-24H,1,15-19H2,2-4H3. The predicted molar refractivity (Wildman–Crippen MR) is 121 cm³/mol. The van der Waals surface area contributed by atoms with Gasteiger partial charge in [-0.25, -0.2) is 4.79 Å². The molecule has 0 bridgehead atoms. The van der Waals surface area contributed by atoms with E-state index in [4.69, 9.17) is 9.47 Å². The smallest absolute Gasteiger partial charge is 0.410 e. The highest BCUT2D eigenvalue weighted by molar-refractivity contribution is 5.68. The molecule has 1 aliphatic rings. The minimum atomic E-state index is -0.500. The molecule has 0 radical (unpaired) electrons. The third-order valence-electron chi connectivity index (χ3n) is 5.30. The fourth-order valence-electron chi connectivity index (χ4n) is 3.86. The van der Waals surface area contributed by atoms with Crippen LogP contribution < -0.4 is 0 Å². The van der Waals surface area contributed by atoms with E-state index in [2.05, 4.69) is 55.1 Å². The van der Waals surface area contributed by atoms with Gasteiger partial charge in [0.15, 0.2) is 0 Å². The van der Waals surface area contributed by atoms with Gasteiger partial charge in [-0.15, -0.1) is 6.58 Å². The van der Waals surface area contributed by atoms with Crippen LogP contribution in [0.5, 0.6) is 0 Å². The van der Waals surface area contributed by atoms with Gasteiger partial charge >= 0.3 is 6.09 Å². The van der Waals surface area contributed by atoms with E-state index in [0.29, 0.717) is 19.7 Å². The Morgan fingerprint density at radius 2 is 1.77 bits per heavy atom. The number of hydrogen-bond acceptors (Lipinski definition) is 3. The number of rotatable bonds is 6. The molecule has 0 aliphatic carbocycles. The molecule has 1 amide bonds. The molecule has 160 valence electrons. The highest BCUT2D eigenvalue weighted by Crippen LogP contribution is 2.31. The van der Waals surface area contributed by atoms with Gasteiger partial charge in [0, 0.05) is 12.5 Å². The van der Waals surface area contributed by atoms with E-state index in [0.717, 1.165) is 12.8 Å². The van der Waals surface area contributed by atoms with Crippen LogP contribution in [0, 0.1) is 0 Å². The average molecular weight is 408 g/mol. The molecule has 0 spiro atoms. The molecule has 2 aromatic rings. The number of benzene rings is 2. The Morgan fingerprint density at radius 3 is 2.40 bits per heavy atom. The summed E-state index contributed by atoms with van der Waals surface area (Å²) < 4.78 is 11.6. The van der Waals surface area contributed by atoms with Crippen molar-refractivity contribution in [2.24, 2.45) is 0 Å². The first-order chi connectivity index (χ1) is 14.4. The van der Waals surface area contributed by atoms with Gasteiger partial charge in [-0.05, 0) is 50.3 Å². The Morgan fingerprint density at radius 1 is 1.10 bits per heavy atom. The number of carbonyl (C=O) groups excluding carboxylic acids is 1. The fraction of sp³-hybridized carbons (Fsp3) is 0.423. The molecular formula is C26H33NO3. The van der Waals surface area contributed by atoms with Gasteiger partial charge in [-0.2, -0.15) is 0 Å². The molecule has 1 fully saturated rings. The SMILES string of the molecule is C=CCOC1CN(C(=O)OC(C)(C)C)CCC1c1ccc(Cc2ccccc2)cc1. The van der Waals surface area contributed by atoms with Crippen molar-refractivity contribution in [3.8, 4) is 0 Å².